The Morgan fingerprint density at radius 1 is 0.706 bits per heavy atom. The van der Waals surface area contributed by atoms with Crippen molar-refractivity contribution in [3.05, 3.63) is 95.7 Å². The van der Waals surface area contributed by atoms with Gasteiger partial charge >= 0.3 is 0 Å². The summed E-state index contributed by atoms with van der Waals surface area (Å²) in [6.07, 6.45) is 0. The van der Waals surface area contributed by atoms with Crippen LogP contribution in [0.15, 0.2) is 84.6 Å². The molecule has 6 nitrogen and oxygen atoms in total. The minimum absolute atomic E-state index is 0.290. The lowest BCUT2D eigenvalue weighted by Crippen LogP contribution is -2.47. The number of hydrogen-bond acceptors (Lipinski definition) is 5. The van der Waals surface area contributed by atoms with Crippen molar-refractivity contribution in [2.75, 3.05) is 43.1 Å². The van der Waals surface area contributed by atoms with Gasteiger partial charge in [0.15, 0.2) is 0 Å². The number of piperazine rings is 1. The number of carbonyl (C=O) groups is 2. The summed E-state index contributed by atoms with van der Waals surface area (Å²) in [5.41, 5.74) is 4.47. The van der Waals surface area contributed by atoms with Gasteiger partial charge in [0.05, 0.1) is 18.4 Å². The highest BCUT2D eigenvalue weighted by atomic mass is 16.5. The number of imide groups is 1. The van der Waals surface area contributed by atoms with E-state index in [1.807, 2.05) is 49.4 Å². The van der Waals surface area contributed by atoms with Gasteiger partial charge in [-0.15, -0.1) is 0 Å². The van der Waals surface area contributed by atoms with E-state index in [1.165, 1.54) is 10.6 Å². The van der Waals surface area contributed by atoms with Crippen LogP contribution >= 0.6 is 0 Å². The van der Waals surface area contributed by atoms with Crippen LogP contribution in [0.5, 0.6) is 5.75 Å². The number of carbonyl (C=O) groups excluding carboxylic acids is 2. The second-order valence-corrected chi connectivity index (χ2v) is 8.55. The molecule has 1 saturated heterocycles. The first-order valence-electron chi connectivity index (χ1n) is 11.5. The standard InChI is InChI=1S/C28H27N3O3/c1-20-11-13-21(14-12-20)25-26(30-17-15-29(16-18-30)22-7-4-3-5-8-22)28(33)31(27(25)32)23-9-6-10-24(19-23)34-2/h3-14,19H,15-18H2,1-2H3. The Kier molecular flexibility index (Phi) is 5.80. The van der Waals surface area contributed by atoms with Gasteiger partial charge < -0.3 is 14.5 Å². The number of rotatable bonds is 5. The quantitative estimate of drug-likeness (QED) is 0.544. The van der Waals surface area contributed by atoms with Crippen molar-refractivity contribution in [1.29, 1.82) is 0 Å². The largest absolute Gasteiger partial charge is 0.497 e. The SMILES string of the molecule is COc1cccc(N2C(=O)C(c3ccc(C)cc3)=C(N3CCN(c4ccccc4)CC3)C2=O)c1. The van der Waals surface area contributed by atoms with E-state index in [4.69, 9.17) is 4.74 Å². The lowest BCUT2D eigenvalue weighted by atomic mass is 10.0. The molecule has 34 heavy (non-hydrogen) atoms. The molecule has 0 saturated carbocycles. The molecule has 3 aromatic carbocycles. The maximum atomic E-state index is 13.8. The average molecular weight is 454 g/mol. The zero-order valence-corrected chi connectivity index (χ0v) is 19.4. The maximum absolute atomic E-state index is 13.8. The zero-order valence-electron chi connectivity index (χ0n) is 19.4. The van der Waals surface area contributed by atoms with E-state index in [0.717, 1.165) is 24.2 Å². The second kappa shape index (κ2) is 9.06. The van der Waals surface area contributed by atoms with Gasteiger partial charge in [-0.25, -0.2) is 4.90 Å². The molecule has 1 fully saturated rings. The van der Waals surface area contributed by atoms with Crippen molar-refractivity contribution in [3.63, 3.8) is 0 Å². The molecule has 2 heterocycles. The van der Waals surface area contributed by atoms with Gasteiger partial charge in [0, 0.05) is 37.9 Å². The molecule has 0 unspecified atom stereocenters. The van der Waals surface area contributed by atoms with Gasteiger partial charge in [0.2, 0.25) is 0 Å². The molecular formula is C28H27N3O3. The van der Waals surface area contributed by atoms with Crippen LogP contribution in [-0.2, 0) is 9.59 Å². The van der Waals surface area contributed by atoms with Crippen LogP contribution in [0.4, 0.5) is 11.4 Å². The monoisotopic (exact) mass is 453 g/mol. The Labute approximate surface area is 199 Å². The molecule has 2 amide bonds. The van der Waals surface area contributed by atoms with Crippen LogP contribution in [-0.4, -0.2) is 50.0 Å². The molecular weight excluding hydrogens is 426 g/mol. The van der Waals surface area contributed by atoms with Crippen molar-refractivity contribution < 1.29 is 14.3 Å². The van der Waals surface area contributed by atoms with Crippen molar-refractivity contribution >= 4 is 28.8 Å². The third kappa shape index (κ3) is 3.92. The van der Waals surface area contributed by atoms with Crippen molar-refractivity contribution in [2.45, 2.75) is 6.92 Å². The summed E-state index contributed by atoms with van der Waals surface area (Å²) in [4.78, 5) is 33.1. The normalized spacial score (nSPS) is 16.5. The highest BCUT2D eigenvalue weighted by Crippen LogP contribution is 2.36. The molecule has 172 valence electrons. The van der Waals surface area contributed by atoms with Crippen LogP contribution in [0.3, 0.4) is 0 Å². The smallest absolute Gasteiger partial charge is 0.282 e. The topological polar surface area (TPSA) is 53.1 Å². The van der Waals surface area contributed by atoms with Crippen molar-refractivity contribution in [1.82, 2.24) is 4.90 Å². The van der Waals surface area contributed by atoms with E-state index in [-0.39, 0.29) is 11.8 Å². The van der Waals surface area contributed by atoms with Crippen molar-refractivity contribution in [2.24, 2.45) is 0 Å². The summed E-state index contributed by atoms with van der Waals surface area (Å²) >= 11 is 0. The predicted octanol–water partition coefficient (Wildman–Crippen LogP) is 4.11. The zero-order chi connectivity index (χ0) is 23.7. The number of hydrogen-bond donors (Lipinski definition) is 0. The minimum atomic E-state index is -0.303. The summed E-state index contributed by atoms with van der Waals surface area (Å²) < 4.78 is 5.33. The van der Waals surface area contributed by atoms with E-state index in [9.17, 15) is 9.59 Å². The van der Waals surface area contributed by atoms with E-state index in [1.54, 1.807) is 31.4 Å². The molecule has 0 spiro atoms. The van der Waals surface area contributed by atoms with Gasteiger partial charge in [-0.2, -0.15) is 0 Å². The Hall–Kier alpha value is -4.06. The van der Waals surface area contributed by atoms with Crippen molar-refractivity contribution in [3.8, 4) is 5.75 Å². The number of benzene rings is 3. The van der Waals surface area contributed by atoms with E-state index in [2.05, 4.69) is 21.9 Å². The molecule has 5 rings (SSSR count). The summed E-state index contributed by atoms with van der Waals surface area (Å²) in [5.74, 6) is 0.00416. The summed E-state index contributed by atoms with van der Waals surface area (Å²) in [6, 6.07) is 25.1. The molecule has 0 atom stereocenters. The molecule has 3 aromatic rings. The van der Waals surface area contributed by atoms with Crippen LogP contribution in [0.2, 0.25) is 0 Å². The van der Waals surface area contributed by atoms with Gasteiger partial charge in [-0.3, -0.25) is 9.59 Å². The fraction of sp³-hybridized carbons (Fsp3) is 0.214. The van der Waals surface area contributed by atoms with Crippen LogP contribution in [0.1, 0.15) is 11.1 Å². The number of nitrogens with zero attached hydrogens (tertiary/aromatic N) is 3. The molecule has 2 aliphatic rings. The summed E-state index contributed by atoms with van der Waals surface area (Å²) in [6.45, 7) is 4.87. The first kappa shape index (κ1) is 21.8. The Morgan fingerprint density at radius 3 is 2.03 bits per heavy atom. The third-order valence-corrected chi connectivity index (χ3v) is 6.43. The summed E-state index contributed by atoms with van der Waals surface area (Å²) in [5, 5.41) is 0. The van der Waals surface area contributed by atoms with E-state index < -0.39 is 0 Å². The fourth-order valence-corrected chi connectivity index (χ4v) is 4.60. The van der Waals surface area contributed by atoms with E-state index in [0.29, 0.717) is 35.8 Å². The number of aryl methyl sites for hydroxylation is 1. The van der Waals surface area contributed by atoms with Crippen LogP contribution in [0, 0.1) is 6.92 Å². The predicted molar refractivity (Wildman–Crippen MR) is 134 cm³/mol. The average Bonchev–Trinajstić information content (AvgIpc) is 3.15. The second-order valence-electron chi connectivity index (χ2n) is 8.55. The molecule has 0 aromatic heterocycles. The third-order valence-electron chi connectivity index (χ3n) is 6.43. The van der Waals surface area contributed by atoms with Gasteiger partial charge in [0.1, 0.15) is 11.4 Å². The minimum Gasteiger partial charge on any atom is -0.497 e. The number of ether oxygens (including phenoxy) is 1. The fourth-order valence-electron chi connectivity index (χ4n) is 4.60. The van der Waals surface area contributed by atoms with Gasteiger partial charge in [-0.1, -0.05) is 54.1 Å². The molecule has 0 radical (unpaired) electrons. The van der Waals surface area contributed by atoms with Gasteiger partial charge in [0.25, 0.3) is 11.8 Å². The number of anilines is 2. The van der Waals surface area contributed by atoms with Gasteiger partial charge in [-0.05, 0) is 36.8 Å². The molecule has 0 aliphatic carbocycles. The molecule has 0 N–H and O–H groups in total. The van der Waals surface area contributed by atoms with Crippen LogP contribution < -0.4 is 14.5 Å². The molecule has 6 heteroatoms. The molecule has 0 bridgehead atoms. The Bertz CT molecular complexity index is 1240. The number of para-hydroxylation sites is 1. The maximum Gasteiger partial charge on any atom is 0.282 e. The first-order valence-corrected chi connectivity index (χ1v) is 11.5. The highest BCUT2D eigenvalue weighted by molar-refractivity contribution is 6.45. The van der Waals surface area contributed by atoms with E-state index >= 15 is 0 Å². The Balaban J connectivity index is 1.50. The number of methoxy groups -OCH3 is 1. The lowest BCUT2D eigenvalue weighted by Gasteiger charge is -2.37. The summed E-state index contributed by atoms with van der Waals surface area (Å²) in [7, 11) is 1.57. The lowest BCUT2D eigenvalue weighted by molar-refractivity contribution is -0.120. The first-order chi connectivity index (χ1) is 16.6. The number of amides is 2. The Morgan fingerprint density at radius 2 is 1.35 bits per heavy atom. The van der Waals surface area contributed by atoms with Crippen LogP contribution in [0.25, 0.3) is 5.57 Å². The molecule has 2 aliphatic heterocycles. The highest BCUT2D eigenvalue weighted by Gasteiger charge is 2.43.